The molecule has 3 rings (SSSR count). The molecule has 0 atom stereocenters. The van der Waals surface area contributed by atoms with Crippen LogP contribution in [0, 0.1) is 6.92 Å². The number of hydrogen-bond donors (Lipinski definition) is 2. The number of ether oxygens (including phenoxy) is 1. The molecular weight excluding hydrogens is 404 g/mol. The minimum atomic E-state index is -3.78. The lowest BCUT2D eigenvalue weighted by molar-refractivity contribution is 0.402. The van der Waals surface area contributed by atoms with Gasteiger partial charge in [-0.3, -0.25) is 0 Å². The summed E-state index contributed by atoms with van der Waals surface area (Å²) in [5, 5.41) is 7.52. The first kappa shape index (κ1) is 20.1. The Labute approximate surface area is 167 Å². The van der Waals surface area contributed by atoms with Crippen molar-refractivity contribution in [2.75, 3.05) is 25.5 Å². The van der Waals surface area contributed by atoms with Crippen LogP contribution in [0.5, 0.6) is 5.75 Å². The molecule has 0 fully saturated rings. The second kappa shape index (κ2) is 8.55. The first-order valence-electron chi connectivity index (χ1n) is 8.32. The molecule has 0 unspecified atom stereocenters. The first-order valence-corrected chi connectivity index (χ1v) is 10.2. The molecule has 11 heteroatoms. The van der Waals surface area contributed by atoms with Crippen molar-refractivity contribution in [3.05, 3.63) is 53.6 Å². The first-order chi connectivity index (χ1) is 13.4. The number of nitrogens with one attached hydrogen (secondary N) is 2. The van der Waals surface area contributed by atoms with Crippen LogP contribution < -0.4 is 14.8 Å². The average Bonchev–Trinajstić information content (AvgIpc) is 3.20. The predicted octanol–water partition coefficient (Wildman–Crippen LogP) is 2.02. The Balaban J connectivity index is 1.64. The highest BCUT2D eigenvalue weighted by Crippen LogP contribution is 2.26. The summed E-state index contributed by atoms with van der Waals surface area (Å²) in [5.74, 6) is 1.97. The quantitative estimate of drug-likeness (QED) is 0.534. The normalized spacial score (nSPS) is 11.4. The van der Waals surface area contributed by atoms with E-state index in [1.54, 1.807) is 42.2 Å². The topological polar surface area (TPSA) is 111 Å². The number of rotatable bonds is 8. The van der Waals surface area contributed by atoms with Crippen molar-refractivity contribution in [2.45, 2.75) is 11.8 Å². The van der Waals surface area contributed by atoms with Crippen LogP contribution in [0.15, 0.2) is 47.6 Å². The minimum Gasteiger partial charge on any atom is -0.495 e. The second-order valence-corrected chi connectivity index (χ2v) is 7.90. The molecule has 3 aromatic rings. The zero-order chi connectivity index (χ0) is 20.1. The van der Waals surface area contributed by atoms with Gasteiger partial charge in [0.25, 0.3) is 0 Å². The highest BCUT2D eigenvalue weighted by atomic mass is 35.5. The monoisotopic (exact) mass is 422 g/mol. The van der Waals surface area contributed by atoms with Crippen LogP contribution in [0.1, 0.15) is 5.82 Å². The van der Waals surface area contributed by atoms with Crippen molar-refractivity contribution in [3.63, 3.8) is 0 Å². The molecule has 9 nitrogen and oxygen atoms in total. The van der Waals surface area contributed by atoms with Crippen LogP contribution in [0.4, 0.5) is 5.82 Å². The van der Waals surface area contributed by atoms with E-state index < -0.39 is 10.0 Å². The van der Waals surface area contributed by atoms with E-state index in [4.69, 9.17) is 16.3 Å². The van der Waals surface area contributed by atoms with Gasteiger partial charge >= 0.3 is 0 Å². The third-order valence-corrected chi connectivity index (χ3v) is 5.42. The smallest absolute Gasteiger partial charge is 0.244 e. The molecule has 0 bridgehead atoms. The second-order valence-electron chi connectivity index (χ2n) is 5.73. The number of sulfonamides is 1. The lowest BCUT2D eigenvalue weighted by Gasteiger charge is -2.12. The molecule has 2 aromatic heterocycles. The summed E-state index contributed by atoms with van der Waals surface area (Å²) in [5.41, 5.74) is 0. The number of halogens is 1. The van der Waals surface area contributed by atoms with E-state index in [2.05, 4.69) is 25.1 Å². The summed E-state index contributed by atoms with van der Waals surface area (Å²) >= 11 is 5.91. The molecular formula is C17H19ClN6O3S. The number of anilines is 1. The van der Waals surface area contributed by atoms with E-state index >= 15 is 0 Å². The van der Waals surface area contributed by atoms with Gasteiger partial charge in [0.2, 0.25) is 10.0 Å². The third kappa shape index (κ3) is 4.77. The molecule has 1 aromatic carbocycles. The molecule has 0 saturated heterocycles. The Bertz CT molecular complexity index is 1060. The van der Waals surface area contributed by atoms with Crippen LogP contribution in [0.3, 0.4) is 0 Å². The number of methoxy groups -OCH3 is 1. The van der Waals surface area contributed by atoms with Crippen molar-refractivity contribution in [2.24, 2.45) is 0 Å². The number of nitrogens with zero attached hydrogens (tertiary/aromatic N) is 4. The Morgan fingerprint density at radius 3 is 2.75 bits per heavy atom. The Morgan fingerprint density at radius 2 is 2.04 bits per heavy atom. The van der Waals surface area contributed by atoms with Gasteiger partial charge in [-0.05, 0) is 31.2 Å². The van der Waals surface area contributed by atoms with E-state index in [1.807, 2.05) is 0 Å². The molecule has 0 amide bonds. The van der Waals surface area contributed by atoms with Crippen molar-refractivity contribution in [3.8, 4) is 11.6 Å². The lowest BCUT2D eigenvalue weighted by Crippen LogP contribution is -2.29. The number of aromatic nitrogens is 4. The van der Waals surface area contributed by atoms with Crippen molar-refractivity contribution in [1.29, 1.82) is 0 Å². The van der Waals surface area contributed by atoms with Crippen LogP contribution in [-0.2, 0) is 10.0 Å². The summed E-state index contributed by atoms with van der Waals surface area (Å²) < 4.78 is 34.3. The van der Waals surface area contributed by atoms with E-state index in [0.29, 0.717) is 29.0 Å². The largest absolute Gasteiger partial charge is 0.495 e. The molecule has 0 spiro atoms. The summed E-state index contributed by atoms with van der Waals surface area (Å²) in [4.78, 5) is 8.61. The molecule has 0 aliphatic heterocycles. The van der Waals surface area contributed by atoms with Gasteiger partial charge in [0.1, 0.15) is 22.3 Å². The molecule has 0 radical (unpaired) electrons. The average molecular weight is 423 g/mol. The standard InChI is InChI=1S/C17H19ClN6O3S/c1-12-22-16(11-17(23-12)24-9-3-6-20-24)19-7-8-21-28(25,26)15-10-13(18)4-5-14(15)27-2/h3-6,9-11,21H,7-8H2,1-2H3,(H,19,22,23). The van der Waals surface area contributed by atoms with Gasteiger partial charge in [-0.1, -0.05) is 11.6 Å². The van der Waals surface area contributed by atoms with Gasteiger partial charge < -0.3 is 10.1 Å². The van der Waals surface area contributed by atoms with E-state index in [9.17, 15) is 8.42 Å². The van der Waals surface area contributed by atoms with Crippen molar-refractivity contribution in [1.82, 2.24) is 24.5 Å². The fourth-order valence-electron chi connectivity index (χ4n) is 2.48. The van der Waals surface area contributed by atoms with Crippen LogP contribution in [-0.4, -0.2) is 48.4 Å². The van der Waals surface area contributed by atoms with Crippen molar-refractivity contribution >= 4 is 27.4 Å². The zero-order valence-electron chi connectivity index (χ0n) is 15.3. The van der Waals surface area contributed by atoms with Crippen LogP contribution in [0.25, 0.3) is 5.82 Å². The molecule has 0 saturated carbocycles. The van der Waals surface area contributed by atoms with Crippen molar-refractivity contribution < 1.29 is 13.2 Å². The predicted molar refractivity (Wildman–Crippen MR) is 106 cm³/mol. The fourth-order valence-corrected chi connectivity index (χ4v) is 3.94. The van der Waals surface area contributed by atoms with Gasteiger partial charge in [0, 0.05) is 36.6 Å². The maximum Gasteiger partial charge on any atom is 0.244 e. The number of hydrogen-bond acceptors (Lipinski definition) is 7. The van der Waals surface area contributed by atoms with Gasteiger partial charge in [-0.15, -0.1) is 0 Å². The van der Waals surface area contributed by atoms with Gasteiger partial charge in [0.15, 0.2) is 5.82 Å². The molecule has 148 valence electrons. The summed E-state index contributed by atoms with van der Waals surface area (Å²) in [6.07, 6.45) is 3.43. The van der Waals surface area contributed by atoms with Gasteiger partial charge in [-0.25, -0.2) is 27.8 Å². The third-order valence-electron chi connectivity index (χ3n) is 3.70. The van der Waals surface area contributed by atoms with E-state index in [-0.39, 0.29) is 17.2 Å². The number of aryl methyl sites for hydroxylation is 1. The Hall–Kier alpha value is -2.69. The Morgan fingerprint density at radius 1 is 1.21 bits per heavy atom. The molecule has 28 heavy (non-hydrogen) atoms. The summed E-state index contributed by atoms with van der Waals surface area (Å²) in [6.45, 7) is 2.22. The molecule has 2 N–H and O–H groups in total. The molecule has 0 aliphatic carbocycles. The lowest BCUT2D eigenvalue weighted by atomic mass is 10.3. The highest BCUT2D eigenvalue weighted by Gasteiger charge is 2.19. The van der Waals surface area contributed by atoms with E-state index in [0.717, 1.165) is 0 Å². The van der Waals surface area contributed by atoms with Crippen LogP contribution in [0.2, 0.25) is 5.02 Å². The maximum absolute atomic E-state index is 12.5. The van der Waals surface area contributed by atoms with Gasteiger partial charge in [-0.2, -0.15) is 5.10 Å². The minimum absolute atomic E-state index is 0.0126. The van der Waals surface area contributed by atoms with E-state index in [1.165, 1.54) is 19.2 Å². The fraction of sp³-hybridized carbons (Fsp3) is 0.235. The van der Waals surface area contributed by atoms with Gasteiger partial charge in [0.05, 0.1) is 7.11 Å². The highest BCUT2D eigenvalue weighted by molar-refractivity contribution is 7.89. The number of benzene rings is 1. The van der Waals surface area contributed by atoms with Crippen LogP contribution >= 0.6 is 11.6 Å². The summed E-state index contributed by atoms with van der Waals surface area (Å²) in [7, 11) is -2.38. The molecule has 0 aliphatic rings. The summed E-state index contributed by atoms with van der Waals surface area (Å²) in [6, 6.07) is 7.95. The zero-order valence-corrected chi connectivity index (χ0v) is 16.8. The SMILES string of the molecule is COc1ccc(Cl)cc1S(=O)(=O)NCCNc1cc(-n2cccn2)nc(C)n1. The maximum atomic E-state index is 12.5. The Kier molecular flexibility index (Phi) is 6.12. The molecule has 2 heterocycles.